The first-order valence-corrected chi connectivity index (χ1v) is 10.9. The lowest BCUT2D eigenvalue weighted by Crippen LogP contribution is -2.11. The maximum atomic E-state index is 13.0. The van der Waals surface area contributed by atoms with Crippen molar-refractivity contribution in [3.8, 4) is 11.1 Å². The van der Waals surface area contributed by atoms with Gasteiger partial charge in [-0.2, -0.15) is 13.2 Å². The molecular weight excluding hydrogens is 437 g/mol. The van der Waals surface area contributed by atoms with Crippen molar-refractivity contribution in [1.29, 1.82) is 0 Å². The Bertz CT molecular complexity index is 1500. The number of rotatable bonds is 5. The largest absolute Gasteiger partial charge is 0.416 e. The van der Waals surface area contributed by atoms with E-state index in [2.05, 4.69) is 16.7 Å². The summed E-state index contributed by atoms with van der Waals surface area (Å²) in [6, 6.07) is 26.5. The maximum Gasteiger partial charge on any atom is 0.416 e. The third-order valence-corrected chi connectivity index (χ3v) is 6.17. The summed E-state index contributed by atoms with van der Waals surface area (Å²) in [7, 11) is 0. The number of carbonyl (C=O) groups is 1. The highest BCUT2D eigenvalue weighted by atomic mass is 19.4. The molecule has 4 aromatic carbocycles. The van der Waals surface area contributed by atoms with Crippen LogP contribution in [0.2, 0.25) is 0 Å². The van der Waals surface area contributed by atoms with E-state index in [1.54, 1.807) is 6.07 Å². The van der Waals surface area contributed by atoms with E-state index < -0.39 is 17.6 Å². The van der Waals surface area contributed by atoms with Crippen LogP contribution < -0.4 is 5.73 Å². The van der Waals surface area contributed by atoms with Crippen molar-refractivity contribution in [3.63, 3.8) is 0 Å². The summed E-state index contributed by atoms with van der Waals surface area (Å²) in [5, 5.41) is 1.67. The van der Waals surface area contributed by atoms with Gasteiger partial charge in [0.15, 0.2) is 0 Å². The van der Waals surface area contributed by atoms with Crippen LogP contribution in [0.4, 0.5) is 13.2 Å². The second-order valence-corrected chi connectivity index (χ2v) is 8.26. The number of nitrogens with zero attached hydrogens (tertiary/aromatic N) is 1. The van der Waals surface area contributed by atoms with Gasteiger partial charge in [-0.05, 0) is 53.4 Å². The molecule has 0 aliphatic rings. The minimum Gasteiger partial charge on any atom is -0.366 e. The van der Waals surface area contributed by atoms with Crippen LogP contribution in [0.3, 0.4) is 0 Å². The highest BCUT2D eigenvalue weighted by Crippen LogP contribution is 2.36. The van der Waals surface area contributed by atoms with Gasteiger partial charge in [-0.3, -0.25) is 4.79 Å². The Morgan fingerprint density at radius 3 is 2.18 bits per heavy atom. The number of amides is 1. The fourth-order valence-corrected chi connectivity index (χ4v) is 4.51. The lowest BCUT2D eigenvalue weighted by atomic mass is 10.0. The summed E-state index contributed by atoms with van der Waals surface area (Å²) in [5.74, 6) is -0.500. The number of halogens is 3. The molecule has 0 bridgehead atoms. The fraction of sp³-hybridized carbons (Fsp3) is 0.107. The third kappa shape index (κ3) is 3.92. The second kappa shape index (κ2) is 8.37. The van der Waals surface area contributed by atoms with Crippen molar-refractivity contribution >= 4 is 27.7 Å². The summed E-state index contributed by atoms with van der Waals surface area (Å²) >= 11 is 0. The normalized spacial score (nSPS) is 11.9. The standard InChI is InChI=1S/C28H21F3N2O/c29-28(30,31)21-12-9-19(10-13-21)20-11-14-22-25(17-20)33(16-15-18-5-2-1-3-6-18)24-8-4-7-23(26(22)24)27(32)34/h1-14,17H,15-16H2,(H2,32,34). The molecule has 0 saturated heterocycles. The number of carbonyl (C=O) groups excluding carboxylic acids is 1. The smallest absolute Gasteiger partial charge is 0.366 e. The lowest BCUT2D eigenvalue weighted by Gasteiger charge is -2.10. The number of aromatic nitrogens is 1. The number of nitrogens with two attached hydrogens (primary N) is 1. The number of fused-ring (bicyclic) bond motifs is 3. The molecule has 0 fully saturated rings. The van der Waals surface area contributed by atoms with Crippen molar-refractivity contribution < 1.29 is 18.0 Å². The van der Waals surface area contributed by atoms with Crippen molar-refractivity contribution in [3.05, 3.63) is 108 Å². The highest BCUT2D eigenvalue weighted by Gasteiger charge is 2.30. The number of alkyl halides is 3. The summed E-state index contributed by atoms with van der Waals surface area (Å²) in [6.07, 6.45) is -3.59. The SMILES string of the molecule is NC(=O)c1cccc2c1c1ccc(-c3ccc(C(F)(F)F)cc3)cc1n2CCc1ccccc1. The van der Waals surface area contributed by atoms with E-state index in [0.717, 1.165) is 45.9 Å². The van der Waals surface area contributed by atoms with E-state index in [1.807, 2.05) is 48.5 Å². The Kier molecular flexibility index (Phi) is 5.36. The zero-order valence-corrected chi connectivity index (χ0v) is 18.1. The molecule has 0 saturated carbocycles. The van der Waals surface area contributed by atoms with Crippen LogP contribution in [-0.4, -0.2) is 10.5 Å². The summed E-state index contributed by atoms with van der Waals surface area (Å²) < 4.78 is 41.1. The predicted molar refractivity (Wildman–Crippen MR) is 129 cm³/mol. The van der Waals surface area contributed by atoms with Crippen molar-refractivity contribution in [2.45, 2.75) is 19.1 Å². The Balaban J connectivity index is 1.67. The predicted octanol–water partition coefficient (Wildman–Crippen LogP) is 6.82. The van der Waals surface area contributed by atoms with E-state index in [9.17, 15) is 18.0 Å². The molecular formula is C28H21F3N2O. The Labute approximate surface area is 194 Å². The molecule has 1 aromatic heterocycles. The van der Waals surface area contributed by atoms with Crippen LogP contribution in [0.25, 0.3) is 32.9 Å². The van der Waals surface area contributed by atoms with Crippen LogP contribution in [-0.2, 0) is 19.1 Å². The zero-order chi connectivity index (χ0) is 23.9. The van der Waals surface area contributed by atoms with Gasteiger partial charge in [0.25, 0.3) is 0 Å². The van der Waals surface area contributed by atoms with E-state index in [0.29, 0.717) is 17.7 Å². The maximum absolute atomic E-state index is 13.0. The molecule has 34 heavy (non-hydrogen) atoms. The minimum atomic E-state index is -4.38. The van der Waals surface area contributed by atoms with Crippen LogP contribution in [0.15, 0.2) is 91.0 Å². The first-order valence-electron chi connectivity index (χ1n) is 10.9. The average Bonchev–Trinajstić information content (AvgIpc) is 3.15. The molecule has 0 unspecified atom stereocenters. The van der Waals surface area contributed by atoms with Crippen molar-refractivity contribution in [2.75, 3.05) is 0 Å². The third-order valence-electron chi connectivity index (χ3n) is 6.17. The molecule has 0 atom stereocenters. The van der Waals surface area contributed by atoms with E-state index in [-0.39, 0.29) is 0 Å². The number of aryl methyl sites for hydroxylation is 2. The molecule has 5 rings (SSSR count). The monoisotopic (exact) mass is 458 g/mol. The van der Waals surface area contributed by atoms with Gasteiger partial charge in [-0.1, -0.05) is 60.7 Å². The molecule has 1 heterocycles. The minimum absolute atomic E-state index is 0.447. The van der Waals surface area contributed by atoms with Crippen molar-refractivity contribution in [2.24, 2.45) is 5.73 Å². The Morgan fingerprint density at radius 1 is 0.794 bits per heavy atom. The molecule has 5 aromatic rings. The summed E-state index contributed by atoms with van der Waals surface area (Å²) in [4.78, 5) is 12.2. The molecule has 6 heteroatoms. The topological polar surface area (TPSA) is 48.0 Å². The number of benzene rings is 4. The van der Waals surface area contributed by atoms with E-state index in [1.165, 1.54) is 17.7 Å². The van der Waals surface area contributed by atoms with Gasteiger partial charge >= 0.3 is 6.18 Å². The average molecular weight is 458 g/mol. The van der Waals surface area contributed by atoms with Crippen LogP contribution in [0.5, 0.6) is 0 Å². The van der Waals surface area contributed by atoms with Crippen molar-refractivity contribution in [1.82, 2.24) is 4.57 Å². The first kappa shape index (κ1) is 21.8. The number of primary amides is 1. The quantitative estimate of drug-likeness (QED) is 0.309. The molecule has 0 spiro atoms. The first-order chi connectivity index (χ1) is 16.3. The Hall–Kier alpha value is -4.06. The zero-order valence-electron chi connectivity index (χ0n) is 18.1. The molecule has 3 nitrogen and oxygen atoms in total. The number of hydrogen-bond acceptors (Lipinski definition) is 1. The molecule has 0 aliphatic heterocycles. The van der Waals surface area contributed by atoms with Crippen LogP contribution in [0, 0.1) is 0 Å². The fourth-order valence-electron chi connectivity index (χ4n) is 4.51. The highest BCUT2D eigenvalue weighted by molar-refractivity contribution is 6.18. The molecule has 170 valence electrons. The van der Waals surface area contributed by atoms with Gasteiger partial charge in [0.2, 0.25) is 5.91 Å². The van der Waals surface area contributed by atoms with Crippen LogP contribution >= 0.6 is 0 Å². The van der Waals surface area contributed by atoms with Gasteiger partial charge in [0, 0.05) is 33.9 Å². The molecule has 0 radical (unpaired) electrons. The van der Waals surface area contributed by atoms with Crippen LogP contribution in [0.1, 0.15) is 21.5 Å². The van der Waals surface area contributed by atoms with E-state index >= 15 is 0 Å². The number of hydrogen-bond donors (Lipinski definition) is 1. The van der Waals surface area contributed by atoms with Gasteiger partial charge < -0.3 is 10.3 Å². The molecule has 0 aliphatic carbocycles. The summed E-state index contributed by atoms with van der Waals surface area (Å²) in [6.45, 7) is 0.669. The Morgan fingerprint density at radius 2 is 1.50 bits per heavy atom. The van der Waals surface area contributed by atoms with Gasteiger partial charge in [0.05, 0.1) is 5.56 Å². The van der Waals surface area contributed by atoms with Gasteiger partial charge in [-0.15, -0.1) is 0 Å². The second-order valence-electron chi connectivity index (χ2n) is 8.26. The summed E-state index contributed by atoms with van der Waals surface area (Å²) in [5.41, 5.74) is 9.90. The van der Waals surface area contributed by atoms with E-state index in [4.69, 9.17) is 5.73 Å². The molecule has 1 amide bonds. The lowest BCUT2D eigenvalue weighted by molar-refractivity contribution is -0.137. The van der Waals surface area contributed by atoms with Gasteiger partial charge in [0.1, 0.15) is 0 Å². The van der Waals surface area contributed by atoms with Gasteiger partial charge in [-0.25, -0.2) is 0 Å². The molecule has 2 N–H and O–H groups in total.